The molecule has 0 aromatic heterocycles. The molecule has 2 heterocycles. The zero-order valence-electron chi connectivity index (χ0n) is 13.8. The highest BCUT2D eigenvalue weighted by Crippen LogP contribution is 2.34. The Kier molecular flexibility index (Phi) is 5.46. The van der Waals surface area contributed by atoms with Gasteiger partial charge in [0.2, 0.25) is 0 Å². The van der Waals surface area contributed by atoms with E-state index in [4.69, 9.17) is 0 Å². The predicted molar refractivity (Wildman–Crippen MR) is 89.1 cm³/mol. The molecule has 132 valence electrons. The Morgan fingerprint density at radius 1 is 0.826 bits per heavy atom. The van der Waals surface area contributed by atoms with Crippen LogP contribution in [-0.4, -0.2) is 37.9 Å². The number of urea groups is 1. The zero-order chi connectivity index (χ0) is 16.3. The number of nitrogens with one attached hydrogen (secondary N) is 2. The molecule has 2 bridgehead atoms. The third-order valence-electron chi connectivity index (χ3n) is 5.64. The van der Waals surface area contributed by atoms with Crippen molar-refractivity contribution in [3.63, 3.8) is 0 Å². The van der Waals surface area contributed by atoms with Crippen molar-refractivity contribution in [1.82, 2.24) is 14.3 Å². The molecule has 6 nitrogen and oxygen atoms in total. The molecule has 0 aromatic carbocycles. The lowest BCUT2D eigenvalue weighted by Gasteiger charge is -2.23. The Hall–Kier alpha value is -0.820. The van der Waals surface area contributed by atoms with E-state index in [0.717, 1.165) is 51.4 Å². The van der Waals surface area contributed by atoms with E-state index in [9.17, 15) is 13.2 Å². The summed E-state index contributed by atoms with van der Waals surface area (Å²) < 4.78 is 28.8. The van der Waals surface area contributed by atoms with Gasteiger partial charge in [0.25, 0.3) is 0 Å². The molecule has 4 aliphatic rings. The fourth-order valence-electron chi connectivity index (χ4n) is 4.26. The Morgan fingerprint density at radius 3 is 1.87 bits per heavy atom. The van der Waals surface area contributed by atoms with Crippen LogP contribution < -0.4 is 10.0 Å². The number of carbonyl (C=O) groups excluding carboxylic acids is 1. The van der Waals surface area contributed by atoms with Crippen molar-refractivity contribution in [3.05, 3.63) is 0 Å². The van der Waals surface area contributed by atoms with Gasteiger partial charge in [0.05, 0.1) is 0 Å². The minimum absolute atomic E-state index is 0.105. The standard InChI is InChI=1S/C16H29N3O3S/c20-16(17-15-5-3-1-2-4-6-15)18-23(21,22)19-11-13-7-8-14(12-19)10-9-13/h13-15H,1-12H2,(H2,17,18,20). The molecule has 0 unspecified atom stereocenters. The Bertz CT molecular complexity index is 493. The number of hydrogen-bond acceptors (Lipinski definition) is 3. The van der Waals surface area contributed by atoms with Crippen LogP contribution in [-0.2, 0) is 10.2 Å². The van der Waals surface area contributed by atoms with E-state index in [1.54, 1.807) is 0 Å². The predicted octanol–water partition coefficient (Wildman–Crippen LogP) is 2.38. The third kappa shape index (κ3) is 4.59. The third-order valence-corrected chi connectivity index (χ3v) is 7.06. The van der Waals surface area contributed by atoms with E-state index in [-0.39, 0.29) is 6.04 Å². The normalized spacial score (nSPS) is 30.4. The van der Waals surface area contributed by atoms with E-state index in [1.807, 2.05) is 0 Å². The van der Waals surface area contributed by atoms with E-state index in [0.29, 0.717) is 24.9 Å². The largest absolute Gasteiger partial charge is 0.335 e. The van der Waals surface area contributed by atoms with Gasteiger partial charge in [-0.25, -0.2) is 9.52 Å². The zero-order valence-corrected chi connectivity index (χ0v) is 14.6. The minimum Gasteiger partial charge on any atom is -0.335 e. The molecule has 2 amide bonds. The summed E-state index contributed by atoms with van der Waals surface area (Å²) in [5.74, 6) is 0.908. The molecule has 0 radical (unpaired) electrons. The number of hydrogen-bond donors (Lipinski definition) is 2. The topological polar surface area (TPSA) is 78.5 Å². The van der Waals surface area contributed by atoms with Gasteiger partial charge >= 0.3 is 16.2 Å². The monoisotopic (exact) mass is 343 g/mol. The van der Waals surface area contributed by atoms with Gasteiger partial charge in [0, 0.05) is 19.1 Å². The van der Waals surface area contributed by atoms with Gasteiger partial charge in [-0.3, -0.25) is 0 Å². The lowest BCUT2D eigenvalue weighted by molar-refractivity contribution is 0.239. The maximum Gasteiger partial charge on any atom is 0.329 e. The second-order valence-electron chi connectivity index (χ2n) is 7.47. The number of nitrogens with zero attached hydrogens (tertiary/aromatic N) is 1. The SMILES string of the molecule is O=C(NC1CCCCCC1)NS(=O)(=O)N1CC2CCC(CC2)C1. The Morgan fingerprint density at radius 2 is 1.35 bits per heavy atom. The van der Waals surface area contributed by atoms with Gasteiger partial charge in [0.15, 0.2) is 0 Å². The van der Waals surface area contributed by atoms with E-state index >= 15 is 0 Å². The summed E-state index contributed by atoms with van der Waals surface area (Å²) in [7, 11) is -3.72. The van der Waals surface area contributed by atoms with Crippen molar-refractivity contribution < 1.29 is 13.2 Å². The molecule has 0 aromatic rings. The minimum atomic E-state index is -3.72. The van der Waals surface area contributed by atoms with Crippen molar-refractivity contribution in [2.75, 3.05) is 13.1 Å². The van der Waals surface area contributed by atoms with Crippen LogP contribution in [0.15, 0.2) is 0 Å². The van der Waals surface area contributed by atoms with Crippen LogP contribution in [0, 0.1) is 11.8 Å². The van der Waals surface area contributed by atoms with Gasteiger partial charge in [-0.1, -0.05) is 25.7 Å². The second kappa shape index (κ2) is 7.38. The van der Waals surface area contributed by atoms with Crippen molar-refractivity contribution in [3.8, 4) is 0 Å². The number of fused-ring (bicyclic) bond motifs is 4. The molecule has 2 saturated heterocycles. The van der Waals surface area contributed by atoms with Crippen LogP contribution in [0.4, 0.5) is 4.79 Å². The first kappa shape index (κ1) is 17.0. The van der Waals surface area contributed by atoms with Gasteiger partial charge < -0.3 is 5.32 Å². The van der Waals surface area contributed by atoms with E-state index in [1.165, 1.54) is 17.1 Å². The molecule has 2 saturated carbocycles. The van der Waals surface area contributed by atoms with E-state index < -0.39 is 16.2 Å². The molecule has 4 rings (SSSR count). The first-order valence-corrected chi connectivity index (χ1v) is 10.6. The number of carbonyl (C=O) groups is 1. The first-order chi connectivity index (χ1) is 11.0. The molecule has 23 heavy (non-hydrogen) atoms. The molecular formula is C16H29N3O3S. The molecule has 2 aliphatic heterocycles. The summed E-state index contributed by atoms with van der Waals surface area (Å²) in [4.78, 5) is 12.1. The van der Waals surface area contributed by atoms with E-state index in [2.05, 4.69) is 10.0 Å². The highest BCUT2D eigenvalue weighted by atomic mass is 32.2. The molecule has 2 N–H and O–H groups in total. The fraction of sp³-hybridized carbons (Fsp3) is 0.938. The van der Waals surface area contributed by atoms with Crippen LogP contribution in [0.5, 0.6) is 0 Å². The quantitative estimate of drug-likeness (QED) is 0.772. The average Bonchev–Trinajstić information content (AvgIpc) is 2.94. The lowest BCUT2D eigenvalue weighted by Crippen LogP contribution is -2.50. The number of amides is 2. The number of rotatable bonds is 3. The van der Waals surface area contributed by atoms with Crippen LogP contribution >= 0.6 is 0 Å². The van der Waals surface area contributed by atoms with Crippen molar-refractivity contribution in [2.45, 2.75) is 70.3 Å². The summed E-state index contributed by atoms with van der Waals surface area (Å²) in [6.07, 6.45) is 11.0. The van der Waals surface area contributed by atoms with Crippen molar-refractivity contribution >= 4 is 16.2 Å². The highest BCUT2D eigenvalue weighted by molar-refractivity contribution is 7.87. The highest BCUT2D eigenvalue weighted by Gasteiger charge is 2.35. The molecule has 0 spiro atoms. The summed E-state index contributed by atoms with van der Waals surface area (Å²) >= 11 is 0. The first-order valence-electron chi connectivity index (χ1n) is 9.11. The smallest absolute Gasteiger partial charge is 0.329 e. The van der Waals surface area contributed by atoms with Crippen molar-refractivity contribution in [1.29, 1.82) is 0 Å². The van der Waals surface area contributed by atoms with Gasteiger partial charge in [-0.2, -0.15) is 12.7 Å². The molecular weight excluding hydrogens is 314 g/mol. The lowest BCUT2D eigenvalue weighted by atomic mass is 9.84. The van der Waals surface area contributed by atoms with Crippen LogP contribution in [0.2, 0.25) is 0 Å². The molecule has 0 atom stereocenters. The maximum absolute atomic E-state index is 12.5. The summed E-state index contributed by atoms with van der Waals surface area (Å²) in [5.41, 5.74) is 0. The summed E-state index contributed by atoms with van der Waals surface area (Å²) in [6.45, 7) is 1.12. The molecule has 4 fully saturated rings. The van der Waals surface area contributed by atoms with Crippen LogP contribution in [0.25, 0.3) is 0 Å². The van der Waals surface area contributed by atoms with Crippen LogP contribution in [0.1, 0.15) is 64.2 Å². The van der Waals surface area contributed by atoms with Gasteiger partial charge in [-0.15, -0.1) is 0 Å². The van der Waals surface area contributed by atoms with Crippen molar-refractivity contribution in [2.24, 2.45) is 11.8 Å². The van der Waals surface area contributed by atoms with Crippen LogP contribution in [0.3, 0.4) is 0 Å². The fourth-order valence-corrected chi connectivity index (χ4v) is 5.50. The maximum atomic E-state index is 12.5. The summed E-state index contributed by atoms with van der Waals surface area (Å²) in [5, 5.41) is 2.85. The average molecular weight is 343 g/mol. The Labute approximate surface area is 139 Å². The Balaban J connectivity index is 1.56. The molecule has 2 aliphatic carbocycles. The van der Waals surface area contributed by atoms with Gasteiger partial charge in [-0.05, 0) is 50.4 Å². The van der Waals surface area contributed by atoms with Gasteiger partial charge in [0.1, 0.15) is 0 Å². The molecule has 7 heteroatoms. The summed E-state index contributed by atoms with van der Waals surface area (Å²) in [6, 6.07) is -0.457. The second-order valence-corrected chi connectivity index (χ2v) is 9.14.